The van der Waals surface area contributed by atoms with Crippen molar-refractivity contribution >= 4 is 28.0 Å². The number of para-hydroxylation sites is 2. The highest BCUT2D eigenvalue weighted by Crippen LogP contribution is 2.28. The lowest BCUT2D eigenvalue weighted by atomic mass is 10.2. The molecule has 4 rings (SSSR count). The maximum absolute atomic E-state index is 10.5. The van der Waals surface area contributed by atoms with Crippen molar-refractivity contribution in [3.8, 4) is 5.75 Å². The molecule has 0 unspecified atom stereocenters. The molecule has 0 aliphatic carbocycles. The molecule has 0 aliphatic rings. The molecule has 5 heteroatoms. The minimum Gasteiger partial charge on any atom is -0.491 e. The quantitative estimate of drug-likeness (QED) is 0.310. The number of hydrogen-bond acceptors (Lipinski definition) is 4. The van der Waals surface area contributed by atoms with E-state index in [4.69, 9.17) is 9.94 Å². The van der Waals surface area contributed by atoms with Gasteiger partial charge < -0.3 is 19.6 Å². The lowest BCUT2D eigenvalue weighted by molar-refractivity contribution is 0.0945. The largest absolute Gasteiger partial charge is 0.491 e. The predicted octanol–water partition coefficient (Wildman–Crippen LogP) is 4.04. The third kappa shape index (κ3) is 3.50. The Hall–Kier alpha value is -3.31. The molecule has 1 aromatic heterocycles. The predicted molar refractivity (Wildman–Crippen MR) is 107 cm³/mol. The van der Waals surface area contributed by atoms with Crippen molar-refractivity contribution in [1.82, 2.24) is 4.57 Å². The van der Waals surface area contributed by atoms with Gasteiger partial charge in [-0.05, 0) is 42.0 Å². The van der Waals surface area contributed by atoms with Crippen molar-refractivity contribution in [2.45, 2.75) is 12.6 Å². The number of benzene rings is 3. The van der Waals surface area contributed by atoms with E-state index in [1.807, 2.05) is 24.3 Å². The van der Waals surface area contributed by atoms with E-state index in [9.17, 15) is 5.11 Å². The molecule has 0 spiro atoms. The minimum atomic E-state index is -0.650. The zero-order valence-corrected chi connectivity index (χ0v) is 14.7. The van der Waals surface area contributed by atoms with Gasteiger partial charge in [0.15, 0.2) is 0 Å². The number of aliphatic hydroxyl groups is 1. The van der Waals surface area contributed by atoms with Crippen LogP contribution in [0.25, 0.3) is 21.8 Å². The van der Waals surface area contributed by atoms with E-state index in [0.717, 1.165) is 16.6 Å². The molecule has 0 saturated carbocycles. The van der Waals surface area contributed by atoms with Crippen molar-refractivity contribution in [2.75, 3.05) is 6.61 Å². The van der Waals surface area contributed by atoms with Crippen LogP contribution >= 0.6 is 0 Å². The van der Waals surface area contributed by atoms with E-state index in [1.54, 1.807) is 24.3 Å². The van der Waals surface area contributed by atoms with Gasteiger partial charge in [-0.2, -0.15) is 0 Å². The zero-order valence-electron chi connectivity index (χ0n) is 14.7. The Kier molecular flexibility index (Phi) is 4.77. The Morgan fingerprint density at radius 2 is 1.48 bits per heavy atom. The lowest BCUT2D eigenvalue weighted by Crippen LogP contribution is -2.23. The highest BCUT2D eigenvalue weighted by Gasteiger charge is 2.13. The van der Waals surface area contributed by atoms with E-state index < -0.39 is 6.10 Å². The maximum atomic E-state index is 10.5. The van der Waals surface area contributed by atoms with Gasteiger partial charge in [-0.3, -0.25) is 0 Å². The Morgan fingerprint density at radius 1 is 0.889 bits per heavy atom. The van der Waals surface area contributed by atoms with Crippen molar-refractivity contribution in [2.24, 2.45) is 5.16 Å². The second-order valence-corrected chi connectivity index (χ2v) is 6.42. The molecule has 0 bridgehead atoms. The van der Waals surface area contributed by atoms with E-state index >= 15 is 0 Å². The number of oxime groups is 1. The Bertz CT molecular complexity index is 1030. The topological polar surface area (TPSA) is 67.0 Å². The fraction of sp³-hybridized carbons (Fsp3) is 0.136. The van der Waals surface area contributed by atoms with Gasteiger partial charge in [-0.25, -0.2) is 0 Å². The van der Waals surface area contributed by atoms with Crippen LogP contribution in [0.1, 0.15) is 5.56 Å². The van der Waals surface area contributed by atoms with Crippen LogP contribution in [0.4, 0.5) is 0 Å². The van der Waals surface area contributed by atoms with E-state index in [0.29, 0.717) is 12.3 Å². The van der Waals surface area contributed by atoms with Crippen LogP contribution in [0.15, 0.2) is 78.0 Å². The van der Waals surface area contributed by atoms with Crippen molar-refractivity contribution in [1.29, 1.82) is 0 Å². The van der Waals surface area contributed by atoms with Gasteiger partial charge in [0, 0.05) is 21.8 Å². The van der Waals surface area contributed by atoms with Gasteiger partial charge in [-0.1, -0.05) is 41.6 Å². The van der Waals surface area contributed by atoms with Crippen LogP contribution in [0.3, 0.4) is 0 Å². The van der Waals surface area contributed by atoms with Crippen molar-refractivity contribution in [3.05, 3.63) is 78.4 Å². The molecule has 0 saturated heterocycles. The minimum absolute atomic E-state index is 0.189. The number of rotatable bonds is 6. The molecule has 5 nitrogen and oxygen atoms in total. The third-order valence-electron chi connectivity index (χ3n) is 4.60. The summed E-state index contributed by atoms with van der Waals surface area (Å²) in [5, 5.41) is 24.4. The van der Waals surface area contributed by atoms with Crippen LogP contribution < -0.4 is 4.74 Å². The van der Waals surface area contributed by atoms with E-state index in [2.05, 4.69) is 34.0 Å². The molecule has 27 heavy (non-hydrogen) atoms. The average Bonchev–Trinajstić information content (AvgIpc) is 3.02. The third-order valence-corrected chi connectivity index (χ3v) is 4.60. The van der Waals surface area contributed by atoms with Gasteiger partial charge in [0.2, 0.25) is 0 Å². The summed E-state index contributed by atoms with van der Waals surface area (Å²) in [6.07, 6.45) is 0.698. The van der Waals surface area contributed by atoms with Gasteiger partial charge in [0.1, 0.15) is 18.5 Å². The van der Waals surface area contributed by atoms with Crippen LogP contribution in [0, 0.1) is 0 Å². The molecule has 136 valence electrons. The highest BCUT2D eigenvalue weighted by atomic mass is 16.5. The molecule has 0 amide bonds. The van der Waals surface area contributed by atoms with Crippen molar-refractivity contribution < 1.29 is 15.1 Å². The number of nitrogens with zero attached hydrogens (tertiary/aromatic N) is 2. The normalized spacial score (nSPS) is 12.8. The Labute approximate surface area is 156 Å². The smallest absolute Gasteiger partial charge is 0.119 e. The standard InChI is InChI=1S/C22H20N2O3/c25-17(15-27-18-11-9-16(10-12-18)13-23-26)14-24-21-7-3-1-5-19(21)20-6-2-4-8-22(20)24/h1-13,17,25-26H,14-15H2/t17-/m1/s1. The van der Waals surface area contributed by atoms with Crippen LogP contribution in [-0.2, 0) is 6.54 Å². The van der Waals surface area contributed by atoms with Gasteiger partial charge in [0.05, 0.1) is 12.8 Å². The van der Waals surface area contributed by atoms with Crippen molar-refractivity contribution in [3.63, 3.8) is 0 Å². The summed E-state index contributed by atoms with van der Waals surface area (Å²) < 4.78 is 7.84. The lowest BCUT2D eigenvalue weighted by Gasteiger charge is -2.15. The maximum Gasteiger partial charge on any atom is 0.119 e. The summed E-state index contributed by atoms with van der Waals surface area (Å²) in [5.41, 5.74) is 2.98. The van der Waals surface area contributed by atoms with Crippen LogP contribution in [0.2, 0.25) is 0 Å². The molecule has 0 aliphatic heterocycles. The second-order valence-electron chi connectivity index (χ2n) is 6.42. The first-order valence-corrected chi connectivity index (χ1v) is 8.80. The number of fused-ring (bicyclic) bond motifs is 3. The highest BCUT2D eigenvalue weighted by molar-refractivity contribution is 6.07. The average molecular weight is 360 g/mol. The first-order chi connectivity index (χ1) is 13.3. The molecular formula is C22H20N2O3. The van der Waals surface area contributed by atoms with Crippen LogP contribution in [-0.4, -0.2) is 33.8 Å². The van der Waals surface area contributed by atoms with Gasteiger partial charge in [-0.15, -0.1) is 0 Å². The molecule has 2 N–H and O–H groups in total. The Balaban J connectivity index is 1.51. The van der Waals surface area contributed by atoms with Crippen LogP contribution in [0.5, 0.6) is 5.75 Å². The first-order valence-electron chi connectivity index (χ1n) is 8.80. The SMILES string of the molecule is ON=Cc1ccc(OC[C@H](O)Cn2c3ccccc3c3ccccc32)cc1. The summed E-state index contributed by atoms with van der Waals surface area (Å²) in [5.74, 6) is 0.659. The van der Waals surface area contributed by atoms with Gasteiger partial charge in [0.25, 0.3) is 0 Å². The van der Waals surface area contributed by atoms with E-state index in [-0.39, 0.29) is 6.61 Å². The monoisotopic (exact) mass is 360 g/mol. The number of ether oxygens (including phenoxy) is 1. The molecular weight excluding hydrogens is 340 g/mol. The van der Waals surface area contributed by atoms with Gasteiger partial charge >= 0.3 is 0 Å². The Morgan fingerprint density at radius 3 is 2.07 bits per heavy atom. The number of aliphatic hydroxyl groups excluding tert-OH is 1. The first kappa shape index (κ1) is 17.1. The molecule has 0 fully saturated rings. The molecule has 3 aromatic carbocycles. The summed E-state index contributed by atoms with van der Waals surface area (Å²) in [7, 11) is 0. The number of hydrogen-bond donors (Lipinski definition) is 2. The molecule has 1 atom stereocenters. The second kappa shape index (κ2) is 7.51. The summed E-state index contributed by atoms with van der Waals surface area (Å²) in [6, 6.07) is 23.6. The fourth-order valence-corrected chi connectivity index (χ4v) is 3.37. The molecule has 1 heterocycles. The zero-order chi connectivity index (χ0) is 18.6. The fourth-order valence-electron chi connectivity index (χ4n) is 3.37. The summed E-state index contributed by atoms with van der Waals surface area (Å²) in [4.78, 5) is 0. The number of aromatic nitrogens is 1. The molecule has 4 aromatic rings. The summed E-state index contributed by atoms with van der Waals surface area (Å²) >= 11 is 0. The van der Waals surface area contributed by atoms with E-state index in [1.165, 1.54) is 17.0 Å². The summed E-state index contributed by atoms with van der Waals surface area (Å²) in [6.45, 7) is 0.636. The molecule has 0 radical (unpaired) electrons.